The third-order valence-electron chi connectivity index (χ3n) is 2.53. The second kappa shape index (κ2) is 3.01. The van der Waals surface area contributed by atoms with Crippen molar-refractivity contribution in [2.75, 3.05) is 0 Å². The second-order valence-electron chi connectivity index (χ2n) is 3.55. The molecule has 1 nitrogen and oxygen atoms in total. The van der Waals surface area contributed by atoms with Gasteiger partial charge in [-0.3, -0.25) is 0 Å². The van der Waals surface area contributed by atoms with Gasteiger partial charge in [0.1, 0.15) is 0 Å². The summed E-state index contributed by atoms with van der Waals surface area (Å²) in [6, 6.07) is 5.66. The lowest BCUT2D eigenvalue weighted by atomic mass is 10.1. The highest BCUT2D eigenvalue weighted by Gasteiger charge is 2.30. The van der Waals surface area contributed by atoms with Crippen LogP contribution in [0.15, 0.2) is 29.6 Å². The summed E-state index contributed by atoms with van der Waals surface area (Å²) in [5, 5.41) is 2.76. The fourth-order valence-corrected chi connectivity index (χ4v) is 2.67. The lowest BCUT2D eigenvalue weighted by molar-refractivity contribution is -0.137. The molecule has 0 saturated heterocycles. The van der Waals surface area contributed by atoms with Crippen molar-refractivity contribution in [1.29, 1.82) is 0 Å². The number of rotatable bonds is 0. The van der Waals surface area contributed by atoms with Crippen molar-refractivity contribution >= 4 is 32.5 Å². The molecular weight excluding hydrogens is 235 g/mol. The first kappa shape index (κ1) is 9.72. The number of hydrogen-bond acceptors (Lipinski definition) is 1. The number of H-pyrrole nitrogens is 1. The van der Waals surface area contributed by atoms with E-state index in [-0.39, 0.29) is 0 Å². The molecule has 2 heterocycles. The maximum Gasteiger partial charge on any atom is 0.416 e. The highest BCUT2D eigenvalue weighted by Crippen LogP contribution is 2.35. The van der Waals surface area contributed by atoms with Crippen molar-refractivity contribution in [2.45, 2.75) is 6.18 Å². The highest BCUT2D eigenvalue weighted by molar-refractivity contribution is 7.18. The van der Waals surface area contributed by atoms with E-state index < -0.39 is 11.7 Å². The number of nitrogens with one attached hydrogen (secondary N) is 1. The predicted octanol–water partition coefficient (Wildman–Crippen LogP) is 4.40. The highest BCUT2D eigenvalue weighted by atomic mass is 32.1. The van der Waals surface area contributed by atoms with E-state index >= 15 is 0 Å². The minimum absolute atomic E-state index is 0.539. The second-order valence-corrected chi connectivity index (χ2v) is 4.46. The molecule has 3 rings (SSSR count). The van der Waals surface area contributed by atoms with E-state index in [1.165, 1.54) is 17.4 Å². The molecular formula is C11H6F3NS. The molecule has 0 radical (unpaired) electrons. The van der Waals surface area contributed by atoms with E-state index in [1.54, 1.807) is 0 Å². The van der Waals surface area contributed by atoms with Crippen LogP contribution in [-0.4, -0.2) is 4.98 Å². The summed E-state index contributed by atoms with van der Waals surface area (Å²) in [5.74, 6) is 0. The van der Waals surface area contributed by atoms with Crippen LogP contribution in [-0.2, 0) is 6.18 Å². The van der Waals surface area contributed by atoms with Crippen LogP contribution in [0.25, 0.3) is 21.1 Å². The van der Waals surface area contributed by atoms with Crippen LogP contribution in [0.1, 0.15) is 5.56 Å². The number of thiophene rings is 1. The maximum absolute atomic E-state index is 12.5. The van der Waals surface area contributed by atoms with Gasteiger partial charge in [0.05, 0.1) is 15.8 Å². The molecule has 1 N–H and O–H groups in total. The quantitative estimate of drug-likeness (QED) is 0.600. The molecule has 0 aliphatic rings. The van der Waals surface area contributed by atoms with Gasteiger partial charge in [-0.05, 0) is 23.6 Å². The van der Waals surface area contributed by atoms with Gasteiger partial charge in [-0.25, -0.2) is 0 Å². The Balaban J connectivity index is 2.33. The van der Waals surface area contributed by atoms with Gasteiger partial charge in [0.2, 0.25) is 0 Å². The van der Waals surface area contributed by atoms with E-state index in [4.69, 9.17) is 0 Å². The van der Waals surface area contributed by atoms with Crippen molar-refractivity contribution in [3.05, 3.63) is 35.2 Å². The molecule has 0 atom stereocenters. The van der Waals surface area contributed by atoms with Gasteiger partial charge in [0, 0.05) is 10.9 Å². The van der Waals surface area contributed by atoms with Gasteiger partial charge in [-0.15, -0.1) is 11.3 Å². The molecule has 82 valence electrons. The van der Waals surface area contributed by atoms with Crippen molar-refractivity contribution in [2.24, 2.45) is 0 Å². The van der Waals surface area contributed by atoms with Gasteiger partial charge < -0.3 is 4.98 Å². The first-order valence-corrected chi connectivity index (χ1v) is 5.50. The lowest BCUT2D eigenvalue weighted by Gasteiger charge is -2.05. The fraction of sp³-hybridized carbons (Fsp3) is 0.0909. The molecule has 16 heavy (non-hydrogen) atoms. The average Bonchev–Trinajstić information content (AvgIpc) is 2.74. The summed E-state index contributed by atoms with van der Waals surface area (Å²) in [4.78, 5) is 2.98. The number of aromatic nitrogens is 1. The molecule has 0 spiro atoms. The normalized spacial score (nSPS) is 12.7. The Bertz CT molecular complexity index is 663. The zero-order valence-electron chi connectivity index (χ0n) is 7.93. The van der Waals surface area contributed by atoms with Crippen LogP contribution in [0.2, 0.25) is 0 Å². The predicted molar refractivity (Wildman–Crippen MR) is 58.7 cm³/mol. The zero-order chi connectivity index (χ0) is 11.3. The number of fused-ring (bicyclic) bond motifs is 3. The summed E-state index contributed by atoms with van der Waals surface area (Å²) < 4.78 is 38.5. The van der Waals surface area contributed by atoms with Crippen molar-refractivity contribution < 1.29 is 13.2 Å². The van der Waals surface area contributed by atoms with Crippen molar-refractivity contribution in [3.63, 3.8) is 0 Å². The number of hydrogen-bond donors (Lipinski definition) is 1. The minimum Gasteiger partial charge on any atom is -0.354 e. The number of benzene rings is 1. The number of halogens is 3. The Morgan fingerprint density at radius 2 is 1.88 bits per heavy atom. The summed E-state index contributed by atoms with van der Waals surface area (Å²) in [5.41, 5.74) is 0.810. The molecule has 0 saturated carbocycles. The lowest BCUT2D eigenvalue weighted by Crippen LogP contribution is -2.03. The smallest absolute Gasteiger partial charge is 0.354 e. The van der Waals surface area contributed by atoms with E-state index in [2.05, 4.69) is 4.98 Å². The molecule has 0 amide bonds. The topological polar surface area (TPSA) is 15.8 Å². The van der Waals surface area contributed by atoms with Crippen LogP contribution >= 0.6 is 11.3 Å². The van der Waals surface area contributed by atoms with Crippen LogP contribution < -0.4 is 0 Å². The molecule has 5 heteroatoms. The number of alkyl halides is 3. The minimum atomic E-state index is -4.28. The van der Waals surface area contributed by atoms with E-state index in [0.29, 0.717) is 5.52 Å². The zero-order valence-corrected chi connectivity index (χ0v) is 8.75. The van der Waals surface area contributed by atoms with Gasteiger partial charge in [-0.1, -0.05) is 6.07 Å². The largest absolute Gasteiger partial charge is 0.416 e. The molecule has 1 aromatic carbocycles. The Morgan fingerprint density at radius 1 is 1.06 bits per heavy atom. The third-order valence-corrected chi connectivity index (χ3v) is 3.47. The Hall–Kier alpha value is -1.49. The molecule has 0 unspecified atom stereocenters. The summed E-state index contributed by atoms with van der Waals surface area (Å²) in [6.45, 7) is 0. The van der Waals surface area contributed by atoms with Gasteiger partial charge in [0.25, 0.3) is 0 Å². The SMILES string of the molecule is FC(F)(F)c1ccc2c(c1)[nH]c1ccsc12. The van der Waals surface area contributed by atoms with Crippen molar-refractivity contribution in [1.82, 2.24) is 4.98 Å². The van der Waals surface area contributed by atoms with Gasteiger partial charge >= 0.3 is 6.18 Å². The van der Waals surface area contributed by atoms with Crippen LogP contribution in [0.3, 0.4) is 0 Å². The average molecular weight is 241 g/mol. The van der Waals surface area contributed by atoms with Crippen LogP contribution in [0.4, 0.5) is 13.2 Å². The van der Waals surface area contributed by atoms with Crippen LogP contribution in [0.5, 0.6) is 0 Å². The molecule has 0 fully saturated rings. The first-order chi connectivity index (χ1) is 7.55. The molecule has 2 aromatic heterocycles. The van der Waals surface area contributed by atoms with Gasteiger partial charge in [-0.2, -0.15) is 13.2 Å². The Morgan fingerprint density at radius 3 is 2.62 bits per heavy atom. The van der Waals surface area contributed by atoms with E-state index in [9.17, 15) is 13.2 Å². The molecule has 0 aliphatic carbocycles. The summed E-state index contributed by atoms with van der Waals surface area (Å²) >= 11 is 1.52. The van der Waals surface area contributed by atoms with Gasteiger partial charge in [0.15, 0.2) is 0 Å². The van der Waals surface area contributed by atoms with Crippen molar-refractivity contribution in [3.8, 4) is 0 Å². The van der Waals surface area contributed by atoms with E-state index in [0.717, 1.165) is 27.7 Å². The fourth-order valence-electron chi connectivity index (χ4n) is 1.78. The van der Waals surface area contributed by atoms with Crippen LogP contribution in [0, 0.1) is 0 Å². The molecule has 0 aliphatic heterocycles. The summed E-state index contributed by atoms with van der Waals surface area (Å²) in [7, 11) is 0. The van der Waals surface area contributed by atoms with E-state index in [1.807, 2.05) is 11.4 Å². The Labute approximate surface area is 92.5 Å². The third kappa shape index (κ3) is 1.31. The molecule has 0 bridgehead atoms. The standard InChI is InChI=1S/C11H6F3NS/c12-11(13,14)6-1-2-7-9(5-6)15-8-3-4-16-10(7)8/h1-5,15H. The summed E-state index contributed by atoms with van der Waals surface area (Å²) in [6.07, 6.45) is -4.28. The Kier molecular flexibility index (Phi) is 1.83. The first-order valence-electron chi connectivity index (χ1n) is 4.62. The molecule has 3 aromatic rings. The monoisotopic (exact) mass is 241 g/mol. The maximum atomic E-state index is 12.5. The number of aromatic amines is 1.